The van der Waals surface area contributed by atoms with Gasteiger partial charge in [-0.3, -0.25) is 5.41 Å². The fourth-order valence-electron chi connectivity index (χ4n) is 4.60. The molecule has 1 aromatic carbocycles. The van der Waals surface area contributed by atoms with Gasteiger partial charge in [0.2, 0.25) is 0 Å². The van der Waals surface area contributed by atoms with E-state index in [0.717, 1.165) is 28.1 Å². The Morgan fingerprint density at radius 2 is 1.85 bits per heavy atom. The SMILES string of the molecule is CC1(C)CC(N2CC(O)=C(c3nc4ccccc4s3)C2=N)CC(C)(C)N1. The minimum Gasteiger partial charge on any atom is -0.510 e. The zero-order valence-corrected chi connectivity index (χ0v) is 16.6. The number of nitrogens with zero attached hydrogens (tertiary/aromatic N) is 2. The van der Waals surface area contributed by atoms with Gasteiger partial charge in [0.25, 0.3) is 0 Å². The monoisotopic (exact) mass is 370 g/mol. The van der Waals surface area contributed by atoms with E-state index in [1.54, 1.807) is 11.3 Å². The van der Waals surface area contributed by atoms with Gasteiger partial charge in [-0.25, -0.2) is 4.98 Å². The molecule has 3 heterocycles. The van der Waals surface area contributed by atoms with Gasteiger partial charge in [-0.05, 0) is 52.7 Å². The molecule has 0 saturated carbocycles. The maximum absolute atomic E-state index is 10.6. The Balaban J connectivity index is 1.64. The molecule has 0 bridgehead atoms. The van der Waals surface area contributed by atoms with Crippen LogP contribution in [-0.2, 0) is 0 Å². The van der Waals surface area contributed by atoms with Crippen molar-refractivity contribution in [3.05, 3.63) is 35.0 Å². The molecule has 4 rings (SSSR count). The molecule has 0 radical (unpaired) electrons. The predicted molar refractivity (Wildman–Crippen MR) is 108 cm³/mol. The summed E-state index contributed by atoms with van der Waals surface area (Å²) in [6, 6.07) is 8.18. The van der Waals surface area contributed by atoms with Crippen molar-refractivity contribution in [3.8, 4) is 0 Å². The molecular weight excluding hydrogens is 344 g/mol. The summed E-state index contributed by atoms with van der Waals surface area (Å²) >= 11 is 1.54. The number of hydrogen-bond acceptors (Lipinski definition) is 5. The van der Waals surface area contributed by atoms with E-state index in [1.807, 2.05) is 24.3 Å². The number of aliphatic hydroxyl groups is 1. The number of thiazole rings is 1. The molecule has 0 atom stereocenters. The molecule has 0 unspecified atom stereocenters. The summed E-state index contributed by atoms with van der Waals surface area (Å²) in [6.45, 7) is 9.25. The van der Waals surface area contributed by atoms with Crippen LogP contribution in [0.25, 0.3) is 15.8 Å². The van der Waals surface area contributed by atoms with Gasteiger partial charge in [-0.2, -0.15) is 0 Å². The molecule has 26 heavy (non-hydrogen) atoms. The van der Waals surface area contributed by atoms with Gasteiger partial charge >= 0.3 is 0 Å². The first-order chi connectivity index (χ1) is 12.2. The number of fused-ring (bicyclic) bond motifs is 1. The Kier molecular flexibility index (Phi) is 3.90. The van der Waals surface area contributed by atoms with Crippen molar-refractivity contribution in [2.24, 2.45) is 0 Å². The van der Waals surface area contributed by atoms with Gasteiger partial charge in [-0.1, -0.05) is 12.1 Å². The number of para-hydroxylation sites is 1. The summed E-state index contributed by atoms with van der Waals surface area (Å²) in [5.74, 6) is 0.670. The fraction of sp³-hybridized carbons (Fsp3) is 0.500. The molecule has 1 aromatic heterocycles. The second kappa shape index (κ2) is 5.79. The number of piperidine rings is 1. The molecule has 2 aromatic rings. The third kappa shape index (κ3) is 3.01. The number of rotatable bonds is 2. The van der Waals surface area contributed by atoms with Crippen LogP contribution in [0.5, 0.6) is 0 Å². The summed E-state index contributed by atoms with van der Waals surface area (Å²) in [4.78, 5) is 6.71. The smallest absolute Gasteiger partial charge is 0.135 e. The highest BCUT2D eigenvalue weighted by Crippen LogP contribution is 2.38. The van der Waals surface area contributed by atoms with Crippen molar-refractivity contribution in [1.82, 2.24) is 15.2 Å². The lowest BCUT2D eigenvalue weighted by Gasteiger charge is -2.49. The molecule has 1 fully saturated rings. The molecule has 0 aliphatic carbocycles. The third-order valence-electron chi connectivity index (χ3n) is 5.25. The van der Waals surface area contributed by atoms with E-state index in [4.69, 9.17) is 5.41 Å². The maximum Gasteiger partial charge on any atom is 0.135 e. The molecule has 138 valence electrons. The normalized spacial score (nSPS) is 23.2. The van der Waals surface area contributed by atoms with E-state index in [-0.39, 0.29) is 22.9 Å². The average Bonchev–Trinajstić information content (AvgIpc) is 3.04. The van der Waals surface area contributed by atoms with Crippen molar-refractivity contribution in [2.75, 3.05) is 6.54 Å². The summed E-state index contributed by atoms with van der Waals surface area (Å²) < 4.78 is 1.08. The van der Waals surface area contributed by atoms with Crippen molar-refractivity contribution in [2.45, 2.75) is 57.7 Å². The lowest BCUT2D eigenvalue weighted by molar-refractivity contribution is 0.105. The van der Waals surface area contributed by atoms with E-state index in [2.05, 4.69) is 42.9 Å². The molecule has 6 heteroatoms. The number of aromatic nitrogens is 1. The van der Waals surface area contributed by atoms with Crippen LogP contribution in [0.2, 0.25) is 0 Å². The standard InChI is InChI=1S/C20H26N4OS/c1-19(2)9-12(10-20(3,4)23-19)24-11-14(25)16(17(24)21)18-22-13-7-5-6-8-15(13)26-18/h5-8,12,21,23,25H,9-11H2,1-4H3. The summed E-state index contributed by atoms with van der Waals surface area (Å²) in [6.07, 6.45) is 1.89. The first-order valence-electron chi connectivity index (χ1n) is 9.08. The van der Waals surface area contributed by atoms with E-state index < -0.39 is 0 Å². The lowest BCUT2D eigenvalue weighted by atomic mass is 9.79. The van der Waals surface area contributed by atoms with Crippen LogP contribution in [0.3, 0.4) is 0 Å². The number of benzene rings is 1. The Bertz CT molecular complexity index is 862. The third-order valence-corrected chi connectivity index (χ3v) is 6.30. The zero-order chi connectivity index (χ0) is 18.7. The molecule has 2 aliphatic heterocycles. The summed E-state index contributed by atoms with van der Waals surface area (Å²) in [5, 5.41) is 23.8. The highest BCUT2D eigenvalue weighted by atomic mass is 32.1. The largest absolute Gasteiger partial charge is 0.510 e. The average molecular weight is 371 g/mol. The highest BCUT2D eigenvalue weighted by molar-refractivity contribution is 7.19. The Morgan fingerprint density at radius 1 is 1.19 bits per heavy atom. The number of amidine groups is 1. The fourth-order valence-corrected chi connectivity index (χ4v) is 5.64. The van der Waals surface area contributed by atoms with E-state index in [1.165, 1.54) is 0 Å². The molecule has 3 N–H and O–H groups in total. The van der Waals surface area contributed by atoms with Crippen LogP contribution in [0, 0.1) is 5.41 Å². The van der Waals surface area contributed by atoms with E-state index in [0.29, 0.717) is 18.0 Å². The molecule has 0 spiro atoms. The zero-order valence-electron chi connectivity index (χ0n) is 15.8. The molecule has 5 nitrogen and oxygen atoms in total. The second-order valence-electron chi connectivity index (χ2n) is 8.74. The van der Waals surface area contributed by atoms with Gasteiger partial charge in [0.15, 0.2) is 0 Å². The summed E-state index contributed by atoms with van der Waals surface area (Å²) in [7, 11) is 0. The topological polar surface area (TPSA) is 72.2 Å². The van der Waals surface area contributed by atoms with Crippen molar-refractivity contribution in [3.63, 3.8) is 0 Å². The van der Waals surface area contributed by atoms with Gasteiger partial charge in [0, 0.05) is 17.1 Å². The number of nitrogens with one attached hydrogen (secondary N) is 2. The number of hydrogen-bond donors (Lipinski definition) is 3. The molecule has 2 aliphatic rings. The van der Waals surface area contributed by atoms with Gasteiger partial charge in [0.1, 0.15) is 16.6 Å². The molecule has 0 amide bonds. The van der Waals surface area contributed by atoms with Crippen molar-refractivity contribution >= 4 is 33.0 Å². The Hall–Kier alpha value is -1.92. The lowest BCUT2D eigenvalue weighted by Crippen LogP contribution is -2.62. The first kappa shape index (κ1) is 17.5. The quantitative estimate of drug-likeness (QED) is 0.742. The maximum atomic E-state index is 10.6. The minimum atomic E-state index is 0.000924. The number of aliphatic hydroxyl groups excluding tert-OH is 1. The van der Waals surface area contributed by atoms with E-state index >= 15 is 0 Å². The van der Waals surface area contributed by atoms with Crippen LogP contribution in [-0.4, -0.2) is 44.5 Å². The highest BCUT2D eigenvalue weighted by Gasteiger charge is 2.43. The second-order valence-corrected chi connectivity index (χ2v) is 9.77. The van der Waals surface area contributed by atoms with Gasteiger partial charge in [-0.15, -0.1) is 11.3 Å². The van der Waals surface area contributed by atoms with Crippen LogP contribution in [0.15, 0.2) is 30.0 Å². The van der Waals surface area contributed by atoms with E-state index in [9.17, 15) is 5.11 Å². The summed E-state index contributed by atoms with van der Waals surface area (Å²) in [5.41, 5.74) is 1.52. The Labute approximate surface area is 158 Å². The Morgan fingerprint density at radius 3 is 2.50 bits per heavy atom. The minimum absolute atomic E-state index is 0.000924. The van der Waals surface area contributed by atoms with Crippen LogP contribution in [0.4, 0.5) is 0 Å². The van der Waals surface area contributed by atoms with Crippen LogP contribution >= 0.6 is 11.3 Å². The molecule has 1 saturated heterocycles. The van der Waals surface area contributed by atoms with Crippen LogP contribution < -0.4 is 5.32 Å². The van der Waals surface area contributed by atoms with Crippen LogP contribution in [0.1, 0.15) is 45.5 Å². The van der Waals surface area contributed by atoms with Crippen molar-refractivity contribution in [1.29, 1.82) is 5.41 Å². The predicted octanol–water partition coefficient (Wildman–Crippen LogP) is 4.17. The van der Waals surface area contributed by atoms with Gasteiger partial charge < -0.3 is 15.3 Å². The molecular formula is C20H26N4OS. The van der Waals surface area contributed by atoms with Crippen molar-refractivity contribution < 1.29 is 5.11 Å². The first-order valence-corrected chi connectivity index (χ1v) is 9.90. The van der Waals surface area contributed by atoms with Gasteiger partial charge in [0.05, 0.1) is 22.3 Å².